The SMILES string of the molecule is Fc1c(C(F)F)ccnc1Br. The first kappa shape index (κ1) is 8.52. The predicted molar refractivity (Wildman–Crippen MR) is 36.9 cm³/mol. The van der Waals surface area contributed by atoms with Crippen LogP contribution in [0.1, 0.15) is 12.0 Å². The van der Waals surface area contributed by atoms with Gasteiger partial charge in [-0.2, -0.15) is 0 Å². The van der Waals surface area contributed by atoms with Crippen LogP contribution in [0.15, 0.2) is 16.9 Å². The van der Waals surface area contributed by atoms with Crippen LogP contribution in [-0.2, 0) is 0 Å². The lowest BCUT2D eigenvalue weighted by Crippen LogP contribution is -1.92. The molecule has 1 nitrogen and oxygen atoms in total. The van der Waals surface area contributed by atoms with E-state index >= 15 is 0 Å². The van der Waals surface area contributed by atoms with Gasteiger partial charge in [-0.1, -0.05) is 0 Å². The van der Waals surface area contributed by atoms with Gasteiger partial charge in [0.05, 0.1) is 5.56 Å². The van der Waals surface area contributed by atoms with Crippen molar-refractivity contribution >= 4 is 15.9 Å². The third kappa shape index (κ3) is 1.71. The van der Waals surface area contributed by atoms with Crippen LogP contribution in [0.3, 0.4) is 0 Å². The number of pyridine rings is 1. The van der Waals surface area contributed by atoms with Crippen molar-refractivity contribution < 1.29 is 13.2 Å². The largest absolute Gasteiger partial charge is 0.266 e. The van der Waals surface area contributed by atoms with Gasteiger partial charge in [0, 0.05) is 6.20 Å². The molecule has 0 saturated heterocycles. The summed E-state index contributed by atoms with van der Waals surface area (Å²) in [5.41, 5.74) is -0.633. The number of rotatable bonds is 1. The molecule has 0 aliphatic carbocycles. The van der Waals surface area contributed by atoms with E-state index in [1.165, 1.54) is 0 Å². The van der Waals surface area contributed by atoms with Crippen LogP contribution in [-0.4, -0.2) is 4.98 Å². The topological polar surface area (TPSA) is 12.9 Å². The molecule has 0 spiro atoms. The number of hydrogen-bond acceptors (Lipinski definition) is 1. The van der Waals surface area contributed by atoms with Crippen molar-refractivity contribution in [3.63, 3.8) is 0 Å². The van der Waals surface area contributed by atoms with E-state index in [2.05, 4.69) is 20.9 Å². The number of alkyl halides is 2. The number of aromatic nitrogens is 1. The summed E-state index contributed by atoms with van der Waals surface area (Å²) < 4.78 is 36.3. The second kappa shape index (κ2) is 3.21. The summed E-state index contributed by atoms with van der Waals surface area (Å²) in [6, 6.07) is 0.949. The Morgan fingerprint density at radius 1 is 1.45 bits per heavy atom. The lowest BCUT2D eigenvalue weighted by molar-refractivity contribution is 0.146. The molecule has 0 radical (unpaired) electrons. The Morgan fingerprint density at radius 3 is 2.55 bits per heavy atom. The molecule has 0 amide bonds. The fraction of sp³-hybridized carbons (Fsp3) is 0.167. The van der Waals surface area contributed by atoms with E-state index in [9.17, 15) is 13.2 Å². The highest BCUT2D eigenvalue weighted by Gasteiger charge is 2.15. The molecule has 5 heteroatoms. The minimum absolute atomic E-state index is 0.185. The Bertz CT molecular complexity index is 264. The summed E-state index contributed by atoms with van der Waals surface area (Å²) >= 11 is 2.69. The molecule has 0 aliphatic heterocycles. The monoisotopic (exact) mass is 225 g/mol. The van der Waals surface area contributed by atoms with E-state index in [1.54, 1.807) is 0 Å². The van der Waals surface area contributed by atoms with Crippen molar-refractivity contribution in [1.82, 2.24) is 4.98 Å². The standard InChI is InChI=1S/C6H3BrF3N/c7-5-4(8)3(6(9)10)1-2-11-5/h1-2,6H. The highest BCUT2D eigenvalue weighted by atomic mass is 79.9. The van der Waals surface area contributed by atoms with Gasteiger partial charge in [-0.05, 0) is 22.0 Å². The average molecular weight is 226 g/mol. The van der Waals surface area contributed by atoms with Gasteiger partial charge >= 0.3 is 0 Å². The molecule has 1 aromatic heterocycles. The van der Waals surface area contributed by atoms with Crippen molar-refractivity contribution in [2.45, 2.75) is 6.43 Å². The molecule has 0 N–H and O–H groups in total. The van der Waals surface area contributed by atoms with Crippen molar-refractivity contribution in [3.8, 4) is 0 Å². The molecule has 1 heterocycles. The van der Waals surface area contributed by atoms with Crippen LogP contribution in [0.2, 0.25) is 0 Å². The maximum Gasteiger partial charge on any atom is 0.266 e. The predicted octanol–water partition coefficient (Wildman–Crippen LogP) is 2.92. The lowest BCUT2D eigenvalue weighted by Gasteiger charge is -2.00. The smallest absolute Gasteiger partial charge is 0.246 e. The first-order valence-electron chi connectivity index (χ1n) is 2.71. The van der Waals surface area contributed by atoms with E-state index in [4.69, 9.17) is 0 Å². The summed E-state index contributed by atoms with van der Waals surface area (Å²) in [6.07, 6.45) is -1.68. The molecule has 0 atom stereocenters. The lowest BCUT2D eigenvalue weighted by atomic mass is 10.3. The van der Waals surface area contributed by atoms with Gasteiger partial charge in [0.15, 0.2) is 5.82 Å². The van der Waals surface area contributed by atoms with Crippen LogP contribution >= 0.6 is 15.9 Å². The Kier molecular flexibility index (Phi) is 2.49. The molecule has 0 aliphatic rings. The van der Waals surface area contributed by atoms with Gasteiger partial charge in [0.1, 0.15) is 4.60 Å². The highest BCUT2D eigenvalue weighted by Crippen LogP contribution is 2.24. The average Bonchev–Trinajstić information content (AvgIpc) is 1.94. The summed E-state index contributed by atoms with van der Waals surface area (Å²) in [6.45, 7) is 0. The van der Waals surface area contributed by atoms with Crippen molar-refractivity contribution in [2.24, 2.45) is 0 Å². The van der Waals surface area contributed by atoms with Crippen LogP contribution in [0.25, 0.3) is 0 Å². The van der Waals surface area contributed by atoms with Gasteiger partial charge in [-0.25, -0.2) is 18.2 Å². The van der Waals surface area contributed by atoms with Crippen LogP contribution in [0.5, 0.6) is 0 Å². The Morgan fingerprint density at radius 2 is 2.09 bits per heavy atom. The van der Waals surface area contributed by atoms with Crippen molar-refractivity contribution in [2.75, 3.05) is 0 Å². The Balaban J connectivity index is 3.17. The molecule has 0 unspecified atom stereocenters. The third-order valence-electron chi connectivity index (χ3n) is 1.11. The summed E-state index contributed by atoms with van der Waals surface area (Å²) in [7, 11) is 0. The molecule has 0 bridgehead atoms. The van der Waals surface area contributed by atoms with Gasteiger partial charge in [0.25, 0.3) is 6.43 Å². The van der Waals surface area contributed by atoms with E-state index in [0.29, 0.717) is 0 Å². The molecule has 11 heavy (non-hydrogen) atoms. The normalized spacial score (nSPS) is 10.6. The van der Waals surface area contributed by atoms with Gasteiger partial charge in [-0.15, -0.1) is 0 Å². The molecule has 1 aromatic rings. The first-order chi connectivity index (χ1) is 5.13. The van der Waals surface area contributed by atoms with E-state index in [-0.39, 0.29) is 4.60 Å². The van der Waals surface area contributed by atoms with Crippen molar-refractivity contribution in [3.05, 3.63) is 28.2 Å². The van der Waals surface area contributed by atoms with Crippen LogP contribution in [0, 0.1) is 5.82 Å². The minimum atomic E-state index is -2.80. The fourth-order valence-electron chi connectivity index (χ4n) is 0.600. The van der Waals surface area contributed by atoms with Gasteiger partial charge < -0.3 is 0 Å². The maximum absolute atomic E-state index is 12.7. The van der Waals surface area contributed by atoms with Gasteiger partial charge in [-0.3, -0.25) is 0 Å². The third-order valence-corrected chi connectivity index (χ3v) is 1.66. The van der Waals surface area contributed by atoms with E-state index in [0.717, 1.165) is 12.3 Å². The number of hydrogen-bond donors (Lipinski definition) is 0. The Labute approximate surface area is 69.4 Å². The molecule has 60 valence electrons. The second-order valence-corrected chi connectivity index (χ2v) is 2.56. The molecular weight excluding hydrogens is 223 g/mol. The first-order valence-corrected chi connectivity index (χ1v) is 3.50. The molecule has 1 rings (SSSR count). The zero-order valence-electron chi connectivity index (χ0n) is 5.19. The van der Waals surface area contributed by atoms with Crippen LogP contribution < -0.4 is 0 Å². The van der Waals surface area contributed by atoms with Crippen molar-refractivity contribution in [1.29, 1.82) is 0 Å². The van der Waals surface area contributed by atoms with E-state index < -0.39 is 17.8 Å². The highest BCUT2D eigenvalue weighted by molar-refractivity contribution is 9.10. The summed E-state index contributed by atoms with van der Waals surface area (Å²) in [5, 5.41) is 0. The molecule has 0 saturated carbocycles. The molecular formula is C6H3BrF3N. The number of halogens is 4. The fourth-order valence-corrected chi connectivity index (χ4v) is 0.948. The maximum atomic E-state index is 12.7. The summed E-state index contributed by atoms with van der Waals surface area (Å²) in [4.78, 5) is 3.43. The quantitative estimate of drug-likeness (QED) is 0.671. The molecule has 0 aromatic carbocycles. The minimum Gasteiger partial charge on any atom is -0.246 e. The molecule has 0 fully saturated rings. The second-order valence-electron chi connectivity index (χ2n) is 1.81. The summed E-state index contributed by atoms with van der Waals surface area (Å²) in [5.74, 6) is -0.998. The Hall–Kier alpha value is -0.580. The van der Waals surface area contributed by atoms with E-state index in [1.807, 2.05) is 0 Å². The van der Waals surface area contributed by atoms with Crippen LogP contribution in [0.4, 0.5) is 13.2 Å². The van der Waals surface area contributed by atoms with Gasteiger partial charge in [0.2, 0.25) is 0 Å². The number of nitrogens with zero attached hydrogens (tertiary/aromatic N) is 1. The zero-order chi connectivity index (χ0) is 8.43. The zero-order valence-corrected chi connectivity index (χ0v) is 6.78.